The van der Waals surface area contributed by atoms with Crippen LogP contribution in [0.25, 0.3) is 0 Å². The monoisotopic (exact) mass is 426 g/mol. The number of piperazine rings is 1. The molecule has 2 aliphatic rings. The molecular formula is C18H27ClN6O4. The quantitative estimate of drug-likeness (QED) is 0.445. The van der Waals surface area contributed by atoms with Gasteiger partial charge < -0.3 is 20.9 Å². The number of carbonyl (C=O) groups is 2. The molecule has 3 rings (SSSR count). The van der Waals surface area contributed by atoms with Crippen molar-refractivity contribution in [2.24, 2.45) is 0 Å². The SMILES string of the molecule is Cl.O=C(NCC(=O)N1CCC(N2CCNCC2)C1)NCc1ccc([N+](=O)[O-])cc1. The van der Waals surface area contributed by atoms with E-state index in [2.05, 4.69) is 20.9 Å². The van der Waals surface area contributed by atoms with E-state index in [4.69, 9.17) is 0 Å². The van der Waals surface area contributed by atoms with Gasteiger partial charge in [0.1, 0.15) is 0 Å². The summed E-state index contributed by atoms with van der Waals surface area (Å²) in [6, 6.07) is 5.92. The van der Waals surface area contributed by atoms with E-state index in [1.165, 1.54) is 12.1 Å². The maximum atomic E-state index is 12.3. The van der Waals surface area contributed by atoms with Crippen LogP contribution in [0.5, 0.6) is 0 Å². The van der Waals surface area contributed by atoms with Crippen LogP contribution in [-0.4, -0.2) is 78.5 Å². The lowest BCUT2D eigenvalue weighted by molar-refractivity contribution is -0.384. The molecule has 1 aromatic carbocycles. The van der Waals surface area contributed by atoms with Gasteiger partial charge in [-0.25, -0.2) is 4.79 Å². The molecule has 1 aromatic rings. The third kappa shape index (κ3) is 6.55. The molecule has 0 radical (unpaired) electrons. The second-order valence-corrected chi connectivity index (χ2v) is 7.03. The van der Waals surface area contributed by atoms with Crippen molar-refractivity contribution in [3.8, 4) is 0 Å². The Morgan fingerprint density at radius 3 is 2.48 bits per heavy atom. The van der Waals surface area contributed by atoms with E-state index in [-0.39, 0.29) is 37.1 Å². The number of likely N-dealkylation sites (tertiary alicyclic amines) is 1. The highest BCUT2D eigenvalue weighted by Gasteiger charge is 2.30. The topological polar surface area (TPSA) is 120 Å². The minimum Gasteiger partial charge on any atom is -0.340 e. The first-order valence-corrected chi connectivity index (χ1v) is 9.50. The molecule has 0 aliphatic carbocycles. The lowest BCUT2D eigenvalue weighted by Crippen LogP contribution is -2.50. The summed E-state index contributed by atoms with van der Waals surface area (Å²) >= 11 is 0. The summed E-state index contributed by atoms with van der Waals surface area (Å²) in [6.07, 6.45) is 0.970. The molecular weight excluding hydrogens is 400 g/mol. The molecule has 3 amide bonds. The summed E-state index contributed by atoms with van der Waals surface area (Å²) in [7, 11) is 0. The van der Waals surface area contributed by atoms with Gasteiger partial charge in [0.05, 0.1) is 11.5 Å². The van der Waals surface area contributed by atoms with E-state index in [0.717, 1.165) is 44.7 Å². The molecule has 0 aromatic heterocycles. The van der Waals surface area contributed by atoms with Crippen molar-refractivity contribution in [2.75, 3.05) is 45.8 Å². The van der Waals surface area contributed by atoms with Gasteiger partial charge in [0.25, 0.3) is 5.69 Å². The summed E-state index contributed by atoms with van der Waals surface area (Å²) in [5.41, 5.74) is 0.744. The molecule has 0 spiro atoms. The van der Waals surface area contributed by atoms with E-state index in [1.54, 1.807) is 12.1 Å². The Morgan fingerprint density at radius 1 is 1.14 bits per heavy atom. The van der Waals surface area contributed by atoms with Crippen molar-refractivity contribution >= 4 is 30.0 Å². The first-order chi connectivity index (χ1) is 13.5. The predicted molar refractivity (Wildman–Crippen MR) is 110 cm³/mol. The van der Waals surface area contributed by atoms with Crippen molar-refractivity contribution in [1.82, 2.24) is 25.8 Å². The van der Waals surface area contributed by atoms with Crippen molar-refractivity contribution in [2.45, 2.75) is 19.0 Å². The lowest BCUT2D eigenvalue weighted by Gasteiger charge is -2.32. The number of nitrogens with zero attached hydrogens (tertiary/aromatic N) is 3. The van der Waals surface area contributed by atoms with Gasteiger partial charge >= 0.3 is 6.03 Å². The van der Waals surface area contributed by atoms with Crippen LogP contribution >= 0.6 is 12.4 Å². The number of hydrogen-bond acceptors (Lipinski definition) is 6. The minimum atomic E-state index is -0.472. The number of nitro groups is 1. The second kappa shape index (κ2) is 10.9. The number of urea groups is 1. The number of carbonyl (C=O) groups excluding carboxylic acids is 2. The zero-order chi connectivity index (χ0) is 19.9. The summed E-state index contributed by atoms with van der Waals surface area (Å²) in [6.45, 7) is 5.62. The summed E-state index contributed by atoms with van der Waals surface area (Å²) < 4.78 is 0. The maximum Gasteiger partial charge on any atom is 0.315 e. The Morgan fingerprint density at radius 2 is 1.83 bits per heavy atom. The molecule has 11 heteroatoms. The van der Waals surface area contributed by atoms with Gasteiger partial charge in [-0.15, -0.1) is 12.4 Å². The molecule has 0 bridgehead atoms. The third-order valence-corrected chi connectivity index (χ3v) is 5.18. The van der Waals surface area contributed by atoms with Crippen molar-refractivity contribution in [3.05, 3.63) is 39.9 Å². The van der Waals surface area contributed by atoms with E-state index in [0.29, 0.717) is 12.6 Å². The summed E-state index contributed by atoms with van der Waals surface area (Å²) in [5.74, 6) is -0.0804. The van der Waals surface area contributed by atoms with Gasteiger partial charge in [0.15, 0.2) is 0 Å². The molecule has 0 saturated carbocycles. The van der Waals surface area contributed by atoms with Crippen LogP contribution in [0.15, 0.2) is 24.3 Å². The standard InChI is InChI=1S/C18H26N6O4.ClH/c25-17(23-8-5-16(13-23)22-9-6-19-7-10-22)12-21-18(26)20-11-14-1-3-15(4-2-14)24(27)28;/h1-4,16,19H,5-13H2,(H2,20,21,26);1H. The van der Waals surface area contributed by atoms with Gasteiger partial charge in [-0.3, -0.25) is 19.8 Å². The number of hydrogen-bond donors (Lipinski definition) is 3. The van der Waals surface area contributed by atoms with E-state index in [1.807, 2.05) is 4.90 Å². The highest BCUT2D eigenvalue weighted by molar-refractivity contribution is 5.85. The largest absolute Gasteiger partial charge is 0.340 e. The molecule has 160 valence electrons. The van der Waals surface area contributed by atoms with Crippen LogP contribution in [0.1, 0.15) is 12.0 Å². The fraction of sp³-hybridized carbons (Fsp3) is 0.556. The van der Waals surface area contributed by atoms with Gasteiger partial charge in [0.2, 0.25) is 5.91 Å². The average molecular weight is 427 g/mol. The first-order valence-electron chi connectivity index (χ1n) is 9.50. The molecule has 1 unspecified atom stereocenters. The molecule has 29 heavy (non-hydrogen) atoms. The molecule has 3 N–H and O–H groups in total. The molecule has 2 heterocycles. The number of rotatable bonds is 6. The van der Waals surface area contributed by atoms with Crippen LogP contribution in [-0.2, 0) is 11.3 Å². The maximum absolute atomic E-state index is 12.3. The van der Waals surface area contributed by atoms with E-state index < -0.39 is 11.0 Å². The molecule has 2 fully saturated rings. The van der Waals surface area contributed by atoms with Gasteiger partial charge in [0, 0.05) is 64.0 Å². The zero-order valence-electron chi connectivity index (χ0n) is 16.1. The molecule has 10 nitrogen and oxygen atoms in total. The highest BCUT2D eigenvalue weighted by Crippen LogP contribution is 2.16. The fourth-order valence-corrected chi connectivity index (χ4v) is 3.56. The lowest BCUT2D eigenvalue weighted by atomic mass is 10.2. The minimum absolute atomic E-state index is 0. The Balaban J connectivity index is 0.00000300. The molecule has 2 saturated heterocycles. The van der Waals surface area contributed by atoms with Gasteiger partial charge in [-0.05, 0) is 12.0 Å². The summed E-state index contributed by atoms with van der Waals surface area (Å²) in [4.78, 5) is 38.6. The highest BCUT2D eigenvalue weighted by atomic mass is 35.5. The predicted octanol–water partition coefficient (Wildman–Crippen LogP) is 0.322. The number of nitrogens with one attached hydrogen (secondary N) is 3. The van der Waals surface area contributed by atoms with Crippen LogP contribution in [0, 0.1) is 10.1 Å². The number of non-ortho nitro benzene ring substituents is 1. The van der Waals surface area contributed by atoms with Crippen molar-refractivity contribution < 1.29 is 14.5 Å². The van der Waals surface area contributed by atoms with Crippen molar-refractivity contribution in [1.29, 1.82) is 0 Å². The molecule has 1 atom stereocenters. The Labute approximate surface area is 175 Å². The smallest absolute Gasteiger partial charge is 0.315 e. The van der Waals surface area contributed by atoms with Gasteiger partial charge in [-0.2, -0.15) is 0 Å². The Bertz CT molecular complexity index is 711. The number of nitro benzene ring substituents is 1. The van der Waals surface area contributed by atoms with Crippen LogP contribution in [0.4, 0.5) is 10.5 Å². The number of amides is 3. The van der Waals surface area contributed by atoms with E-state index >= 15 is 0 Å². The van der Waals surface area contributed by atoms with Crippen molar-refractivity contribution in [3.63, 3.8) is 0 Å². The first kappa shape index (κ1) is 22.9. The Kier molecular flexibility index (Phi) is 8.62. The van der Waals surface area contributed by atoms with Gasteiger partial charge in [-0.1, -0.05) is 12.1 Å². The summed E-state index contributed by atoms with van der Waals surface area (Å²) in [5, 5.41) is 19.2. The van der Waals surface area contributed by atoms with Crippen LogP contribution < -0.4 is 16.0 Å². The number of halogens is 1. The number of benzene rings is 1. The second-order valence-electron chi connectivity index (χ2n) is 7.03. The average Bonchev–Trinajstić information content (AvgIpc) is 3.22. The molecule has 2 aliphatic heterocycles. The third-order valence-electron chi connectivity index (χ3n) is 5.18. The zero-order valence-corrected chi connectivity index (χ0v) is 17.0. The Hall–Kier alpha value is -2.43. The fourth-order valence-electron chi connectivity index (χ4n) is 3.56. The van der Waals surface area contributed by atoms with Crippen LogP contribution in [0.3, 0.4) is 0 Å². The van der Waals surface area contributed by atoms with E-state index in [9.17, 15) is 19.7 Å². The normalized spacial score (nSPS) is 19.3. The van der Waals surface area contributed by atoms with Crippen LogP contribution in [0.2, 0.25) is 0 Å².